The molecule has 8 nitrogen and oxygen atoms in total. The second-order valence-electron chi connectivity index (χ2n) is 7.35. The first kappa shape index (κ1) is 23.4. The number of hydrogen-bond donors (Lipinski definition) is 2. The predicted octanol–water partition coefficient (Wildman–Crippen LogP) is 2.11. The van der Waals surface area contributed by atoms with Crippen LogP contribution in [0.15, 0.2) is 46.7 Å². The van der Waals surface area contributed by atoms with Crippen molar-refractivity contribution in [2.45, 2.75) is 31.2 Å². The topological polar surface area (TPSA) is 98.8 Å². The largest absolute Gasteiger partial charge is 0.350 e. The Bertz CT molecular complexity index is 987. The van der Waals surface area contributed by atoms with Crippen LogP contribution in [-0.4, -0.2) is 62.2 Å². The van der Waals surface area contributed by atoms with E-state index in [1.54, 1.807) is 34.4 Å². The fourth-order valence-corrected chi connectivity index (χ4v) is 5.56. The van der Waals surface area contributed by atoms with Gasteiger partial charge in [-0.05, 0) is 49.0 Å². The SMILES string of the molecule is CCN(CC(=O)NCc1cccs1)CC(=O)Nc1cccc(S(=O)(=O)N2CCCC2)c1. The number of nitrogens with one attached hydrogen (secondary N) is 2. The van der Waals surface area contributed by atoms with Gasteiger partial charge in [0.15, 0.2) is 0 Å². The van der Waals surface area contributed by atoms with Gasteiger partial charge in [0.25, 0.3) is 0 Å². The van der Waals surface area contributed by atoms with Gasteiger partial charge in [-0.15, -0.1) is 11.3 Å². The number of thiophene rings is 1. The number of rotatable bonds is 10. The number of anilines is 1. The lowest BCUT2D eigenvalue weighted by molar-refractivity contribution is -0.123. The first-order chi connectivity index (χ1) is 14.9. The normalized spacial score (nSPS) is 14.6. The van der Waals surface area contributed by atoms with Crippen LogP contribution in [0.4, 0.5) is 5.69 Å². The lowest BCUT2D eigenvalue weighted by Crippen LogP contribution is -2.40. The number of amides is 2. The van der Waals surface area contributed by atoms with E-state index in [9.17, 15) is 18.0 Å². The summed E-state index contributed by atoms with van der Waals surface area (Å²) in [5, 5.41) is 7.55. The summed E-state index contributed by atoms with van der Waals surface area (Å²) in [4.78, 5) is 27.6. The average Bonchev–Trinajstić information content (AvgIpc) is 3.46. The second-order valence-corrected chi connectivity index (χ2v) is 10.3. The molecule has 1 aromatic heterocycles. The van der Waals surface area contributed by atoms with Crippen molar-refractivity contribution in [1.82, 2.24) is 14.5 Å². The second kappa shape index (κ2) is 10.9. The molecule has 168 valence electrons. The molecule has 0 spiro atoms. The average molecular weight is 465 g/mol. The Balaban J connectivity index is 1.53. The maximum atomic E-state index is 12.7. The zero-order chi connectivity index (χ0) is 22.3. The van der Waals surface area contributed by atoms with Crippen LogP contribution in [0.3, 0.4) is 0 Å². The number of carbonyl (C=O) groups excluding carboxylic acids is 2. The summed E-state index contributed by atoms with van der Waals surface area (Å²) in [6.45, 7) is 4.08. The highest BCUT2D eigenvalue weighted by Crippen LogP contribution is 2.23. The van der Waals surface area contributed by atoms with E-state index < -0.39 is 10.0 Å². The fraction of sp³-hybridized carbons (Fsp3) is 0.429. The van der Waals surface area contributed by atoms with E-state index in [0.717, 1.165) is 17.7 Å². The van der Waals surface area contributed by atoms with Gasteiger partial charge < -0.3 is 10.6 Å². The Kier molecular flexibility index (Phi) is 8.19. The van der Waals surface area contributed by atoms with Crippen molar-refractivity contribution in [3.63, 3.8) is 0 Å². The van der Waals surface area contributed by atoms with Gasteiger partial charge in [-0.1, -0.05) is 19.1 Å². The van der Waals surface area contributed by atoms with Crippen molar-refractivity contribution in [3.05, 3.63) is 46.7 Å². The molecule has 1 aromatic carbocycles. The molecule has 31 heavy (non-hydrogen) atoms. The van der Waals surface area contributed by atoms with Gasteiger partial charge in [0.1, 0.15) is 0 Å². The highest BCUT2D eigenvalue weighted by molar-refractivity contribution is 7.89. The summed E-state index contributed by atoms with van der Waals surface area (Å²) in [7, 11) is -3.55. The number of hydrogen-bond acceptors (Lipinski definition) is 6. The van der Waals surface area contributed by atoms with Gasteiger partial charge in [0.2, 0.25) is 21.8 Å². The summed E-state index contributed by atoms with van der Waals surface area (Å²) in [6.07, 6.45) is 1.73. The minimum absolute atomic E-state index is 0.0338. The molecule has 0 radical (unpaired) electrons. The highest BCUT2D eigenvalue weighted by atomic mass is 32.2. The first-order valence-corrected chi connectivity index (χ1v) is 12.6. The van der Waals surface area contributed by atoms with Crippen LogP contribution < -0.4 is 10.6 Å². The molecule has 0 bridgehead atoms. The lowest BCUT2D eigenvalue weighted by Gasteiger charge is -2.19. The molecule has 2 aromatic rings. The van der Waals surface area contributed by atoms with E-state index >= 15 is 0 Å². The number of likely N-dealkylation sites (N-methyl/N-ethyl adjacent to an activating group) is 1. The molecule has 0 unspecified atom stereocenters. The van der Waals surface area contributed by atoms with E-state index in [4.69, 9.17) is 0 Å². The molecule has 10 heteroatoms. The van der Waals surface area contributed by atoms with Gasteiger partial charge in [-0.2, -0.15) is 4.31 Å². The molecular formula is C21H28N4O4S2. The number of nitrogens with zero attached hydrogens (tertiary/aromatic N) is 2. The molecule has 1 aliphatic rings. The van der Waals surface area contributed by atoms with Crippen molar-refractivity contribution < 1.29 is 18.0 Å². The highest BCUT2D eigenvalue weighted by Gasteiger charge is 2.27. The molecule has 2 heterocycles. The van der Waals surface area contributed by atoms with Crippen molar-refractivity contribution in [3.8, 4) is 0 Å². The minimum atomic E-state index is -3.55. The Morgan fingerprint density at radius 1 is 1.10 bits per heavy atom. The van der Waals surface area contributed by atoms with E-state index in [1.165, 1.54) is 10.4 Å². The summed E-state index contributed by atoms with van der Waals surface area (Å²) in [5.41, 5.74) is 0.420. The van der Waals surface area contributed by atoms with Crippen LogP contribution in [-0.2, 0) is 26.2 Å². The number of benzene rings is 1. The van der Waals surface area contributed by atoms with E-state index in [-0.39, 0.29) is 29.8 Å². The Morgan fingerprint density at radius 2 is 1.84 bits per heavy atom. The van der Waals surface area contributed by atoms with Crippen LogP contribution >= 0.6 is 11.3 Å². The molecular weight excluding hydrogens is 436 g/mol. The Hall–Kier alpha value is -2.27. The third kappa shape index (κ3) is 6.60. The molecule has 1 fully saturated rings. The minimum Gasteiger partial charge on any atom is -0.350 e. The molecule has 0 aliphatic carbocycles. The van der Waals surface area contributed by atoms with Crippen LogP contribution in [0.5, 0.6) is 0 Å². The maximum absolute atomic E-state index is 12.7. The van der Waals surface area contributed by atoms with Gasteiger partial charge in [-0.3, -0.25) is 14.5 Å². The summed E-state index contributed by atoms with van der Waals surface area (Å²) >= 11 is 1.57. The molecule has 1 aliphatic heterocycles. The molecule has 2 amide bonds. The van der Waals surface area contributed by atoms with Gasteiger partial charge in [-0.25, -0.2) is 8.42 Å². The molecule has 2 N–H and O–H groups in total. The van der Waals surface area contributed by atoms with E-state index in [0.29, 0.717) is 31.9 Å². The van der Waals surface area contributed by atoms with Crippen LogP contribution in [0.1, 0.15) is 24.6 Å². The first-order valence-electron chi connectivity index (χ1n) is 10.3. The van der Waals surface area contributed by atoms with Gasteiger partial charge in [0, 0.05) is 23.7 Å². The molecule has 0 saturated carbocycles. The van der Waals surface area contributed by atoms with Crippen LogP contribution in [0.2, 0.25) is 0 Å². The van der Waals surface area contributed by atoms with Crippen LogP contribution in [0, 0.1) is 0 Å². The zero-order valence-corrected chi connectivity index (χ0v) is 19.2. The van der Waals surface area contributed by atoms with Crippen molar-refractivity contribution in [1.29, 1.82) is 0 Å². The lowest BCUT2D eigenvalue weighted by atomic mass is 10.3. The molecule has 1 saturated heterocycles. The van der Waals surface area contributed by atoms with Crippen LogP contribution in [0.25, 0.3) is 0 Å². The standard InChI is InChI=1S/C21H28N4O4S2/c1-2-24(15-20(26)22-14-18-8-6-12-30-18)16-21(27)23-17-7-5-9-19(13-17)31(28,29)25-10-3-4-11-25/h5-9,12-13H,2-4,10-11,14-16H2,1H3,(H,22,26)(H,23,27). The smallest absolute Gasteiger partial charge is 0.243 e. The summed E-state index contributed by atoms with van der Waals surface area (Å²) in [6, 6.07) is 10.2. The summed E-state index contributed by atoms with van der Waals surface area (Å²) in [5.74, 6) is -0.453. The third-order valence-corrected chi connectivity index (χ3v) is 7.81. The molecule has 3 rings (SSSR count). The van der Waals surface area contributed by atoms with E-state index in [2.05, 4.69) is 10.6 Å². The van der Waals surface area contributed by atoms with Crippen molar-refractivity contribution in [2.24, 2.45) is 0 Å². The number of sulfonamides is 1. The third-order valence-electron chi connectivity index (χ3n) is 5.04. The predicted molar refractivity (Wildman–Crippen MR) is 121 cm³/mol. The monoisotopic (exact) mass is 464 g/mol. The van der Waals surface area contributed by atoms with Gasteiger partial charge in [0.05, 0.1) is 24.5 Å². The van der Waals surface area contributed by atoms with E-state index in [1.807, 2.05) is 24.4 Å². The van der Waals surface area contributed by atoms with Crippen molar-refractivity contribution in [2.75, 3.05) is 38.0 Å². The van der Waals surface area contributed by atoms with Gasteiger partial charge >= 0.3 is 0 Å². The maximum Gasteiger partial charge on any atom is 0.243 e. The fourth-order valence-electron chi connectivity index (χ4n) is 3.35. The quantitative estimate of drug-likeness (QED) is 0.561. The zero-order valence-electron chi connectivity index (χ0n) is 17.5. The summed E-state index contributed by atoms with van der Waals surface area (Å²) < 4.78 is 26.9. The van der Waals surface area contributed by atoms with Crippen molar-refractivity contribution >= 4 is 38.9 Å². The number of carbonyl (C=O) groups is 2. The Morgan fingerprint density at radius 3 is 2.52 bits per heavy atom. The molecule has 0 atom stereocenters. The Labute approximate surface area is 187 Å².